The predicted octanol–water partition coefficient (Wildman–Crippen LogP) is 3.42. The monoisotopic (exact) mass is 360 g/mol. The van der Waals surface area contributed by atoms with Gasteiger partial charge in [0.15, 0.2) is 0 Å². The number of nitrogens with one attached hydrogen (secondary N) is 1. The number of amides is 1. The van der Waals surface area contributed by atoms with Crippen LogP contribution in [0.15, 0.2) is 47.8 Å². The second-order valence-corrected chi connectivity index (χ2v) is 6.26. The molecule has 7 heteroatoms. The van der Waals surface area contributed by atoms with Crippen molar-refractivity contribution in [1.29, 1.82) is 0 Å². The molecule has 1 amide bonds. The molecule has 24 heavy (non-hydrogen) atoms. The van der Waals surface area contributed by atoms with Crippen molar-refractivity contribution >= 4 is 45.7 Å². The number of esters is 1. The molecule has 2 aromatic heterocycles. The molecule has 0 fully saturated rings. The first-order chi connectivity index (χ1) is 11.6. The van der Waals surface area contributed by atoms with E-state index >= 15 is 0 Å². The van der Waals surface area contributed by atoms with Crippen LogP contribution in [0, 0.1) is 0 Å². The summed E-state index contributed by atoms with van der Waals surface area (Å²) in [6.45, 7) is -0.195. The van der Waals surface area contributed by atoms with Gasteiger partial charge in [-0.1, -0.05) is 35.9 Å². The predicted molar refractivity (Wildman–Crippen MR) is 93.2 cm³/mol. The van der Waals surface area contributed by atoms with E-state index in [1.807, 2.05) is 30.3 Å². The number of para-hydroxylation sites is 1. The number of rotatable bonds is 5. The molecule has 3 rings (SSSR count). The zero-order valence-corrected chi connectivity index (χ0v) is 14.1. The Labute approximate surface area is 147 Å². The van der Waals surface area contributed by atoms with Crippen LogP contribution >= 0.6 is 22.9 Å². The molecule has 0 unspecified atom stereocenters. The molecule has 0 bridgehead atoms. The molecule has 0 aliphatic carbocycles. The van der Waals surface area contributed by atoms with Crippen molar-refractivity contribution in [3.05, 3.63) is 63.4 Å². The highest BCUT2D eigenvalue weighted by Gasteiger charge is 2.11. The van der Waals surface area contributed by atoms with Crippen LogP contribution in [0.2, 0.25) is 5.15 Å². The van der Waals surface area contributed by atoms with Crippen LogP contribution in [0.1, 0.15) is 15.2 Å². The van der Waals surface area contributed by atoms with Crippen molar-refractivity contribution in [1.82, 2.24) is 10.3 Å². The van der Waals surface area contributed by atoms with Crippen LogP contribution < -0.4 is 5.32 Å². The fraction of sp³-hybridized carbons (Fsp3) is 0.118. The maximum Gasteiger partial charge on any atom is 0.325 e. The average Bonchev–Trinajstić information content (AvgIpc) is 3.12. The van der Waals surface area contributed by atoms with Gasteiger partial charge in [0.2, 0.25) is 0 Å². The Hall–Kier alpha value is -2.44. The number of nitrogens with zero attached hydrogens (tertiary/aromatic N) is 1. The minimum Gasteiger partial charge on any atom is -0.459 e. The Balaban J connectivity index is 1.56. The van der Waals surface area contributed by atoms with Gasteiger partial charge in [-0.15, -0.1) is 11.3 Å². The number of hydrogen-bond acceptors (Lipinski definition) is 5. The number of thiophene rings is 1. The normalized spacial score (nSPS) is 10.5. The lowest BCUT2D eigenvalue weighted by Gasteiger charge is -2.08. The standard InChI is InChI=1S/C17H13ClN2O3S/c18-16-12(8-11-4-1-2-5-13(11)20-16)10-23-15(21)9-19-17(22)14-6-3-7-24-14/h1-8H,9-10H2,(H,19,22). The van der Waals surface area contributed by atoms with Crippen LogP contribution in [0.3, 0.4) is 0 Å². The summed E-state index contributed by atoms with van der Waals surface area (Å²) in [7, 11) is 0. The van der Waals surface area contributed by atoms with Gasteiger partial charge in [0, 0.05) is 10.9 Å². The highest BCUT2D eigenvalue weighted by molar-refractivity contribution is 7.12. The number of hydrogen-bond donors (Lipinski definition) is 1. The van der Waals surface area contributed by atoms with Gasteiger partial charge >= 0.3 is 5.97 Å². The molecule has 5 nitrogen and oxygen atoms in total. The molecule has 3 aromatic rings. The van der Waals surface area contributed by atoms with Crippen LogP contribution in [0.25, 0.3) is 10.9 Å². The molecular formula is C17H13ClN2O3S. The van der Waals surface area contributed by atoms with Gasteiger partial charge in [0.1, 0.15) is 18.3 Å². The van der Waals surface area contributed by atoms with E-state index in [0.29, 0.717) is 15.6 Å². The SMILES string of the molecule is O=C(CNC(=O)c1cccs1)OCc1cc2ccccc2nc1Cl. The van der Waals surface area contributed by atoms with Crippen molar-refractivity contribution in [3.63, 3.8) is 0 Å². The van der Waals surface area contributed by atoms with Gasteiger partial charge < -0.3 is 10.1 Å². The molecule has 0 saturated heterocycles. The summed E-state index contributed by atoms with van der Waals surface area (Å²) in [5, 5.41) is 5.52. The van der Waals surface area contributed by atoms with Crippen molar-refractivity contribution in [2.45, 2.75) is 6.61 Å². The fourth-order valence-corrected chi connectivity index (χ4v) is 2.93. The summed E-state index contributed by atoms with van der Waals surface area (Å²) >= 11 is 7.42. The zero-order chi connectivity index (χ0) is 16.9. The summed E-state index contributed by atoms with van der Waals surface area (Å²) < 4.78 is 5.15. The number of halogens is 1. The molecule has 0 aliphatic rings. The van der Waals surface area contributed by atoms with Gasteiger partial charge in [0.25, 0.3) is 5.91 Å². The summed E-state index contributed by atoms with van der Waals surface area (Å²) in [6, 6.07) is 12.8. The minimum absolute atomic E-state index is 0.00434. The second-order valence-electron chi connectivity index (χ2n) is 4.95. The van der Waals surface area contributed by atoms with E-state index in [0.717, 1.165) is 10.9 Å². The lowest BCUT2D eigenvalue weighted by atomic mass is 10.2. The van der Waals surface area contributed by atoms with Crippen molar-refractivity contribution in [3.8, 4) is 0 Å². The van der Waals surface area contributed by atoms with Crippen LogP contribution in [-0.4, -0.2) is 23.4 Å². The number of carbonyl (C=O) groups excluding carboxylic acids is 2. The van der Waals surface area contributed by atoms with Crippen LogP contribution in [0.4, 0.5) is 0 Å². The number of aromatic nitrogens is 1. The van der Waals surface area contributed by atoms with E-state index < -0.39 is 5.97 Å². The molecule has 0 atom stereocenters. The lowest BCUT2D eigenvalue weighted by Crippen LogP contribution is -2.30. The third-order valence-corrected chi connectivity index (χ3v) is 4.47. The molecule has 2 heterocycles. The Morgan fingerprint density at radius 2 is 2.04 bits per heavy atom. The van der Waals surface area contributed by atoms with Gasteiger partial charge in [-0.25, -0.2) is 4.98 Å². The molecule has 0 spiro atoms. The number of fused-ring (bicyclic) bond motifs is 1. The number of carbonyl (C=O) groups is 2. The van der Waals surface area contributed by atoms with Crippen LogP contribution in [-0.2, 0) is 16.1 Å². The first-order valence-corrected chi connectivity index (χ1v) is 8.41. The highest BCUT2D eigenvalue weighted by atomic mass is 35.5. The van der Waals surface area contributed by atoms with E-state index in [2.05, 4.69) is 10.3 Å². The number of ether oxygens (including phenoxy) is 1. The summed E-state index contributed by atoms with van der Waals surface area (Å²) in [6.07, 6.45) is 0. The summed E-state index contributed by atoms with van der Waals surface area (Å²) in [5.41, 5.74) is 1.40. The fourth-order valence-electron chi connectivity index (χ4n) is 2.09. The van der Waals surface area contributed by atoms with Crippen molar-refractivity contribution in [2.24, 2.45) is 0 Å². The van der Waals surface area contributed by atoms with Gasteiger partial charge in [-0.3, -0.25) is 9.59 Å². The van der Waals surface area contributed by atoms with Crippen molar-refractivity contribution < 1.29 is 14.3 Å². The van der Waals surface area contributed by atoms with E-state index in [4.69, 9.17) is 16.3 Å². The maximum atomic E-state index is 11.8. The molecule has 1 N–H and O–H groups in total. The maximum absolute atomic E-state index is 11.8. The number of benzene rings is 1. The minimum atomic E-state index is -0.538. The third-order valence-electron chi connectivity index (χ3n) is 3.28. The Kier molecular flexibility index (Phi) is 5.08. The molecular weight excluding hydrogens is 348 g/mol. The second kappa shape index (κ2) is 7.42. The van der Waals surface area contributed by atoms with E-state index in [1.165, 1.54) is 11.3 Å². The van der Waals surface area contributed by atoms with Gasteiger partial charge in [0.05, 0.1) is 10.4 Å². The van der Waals surface area contributed by atoms with Crippen LogP contribution in [0.5, 0.6) is 0 Å². The third kappa shape index (κ3) is 3.90. The smallest absolute Gasteiger partial charge is 0.325 e. The van der Waals surface area contributed by atoms with Crippen molar-refractivity contribution in [2.75, 3.05) is 6.54 Å². The van der Waals surface area contributed by atoms with E-state index in [-0.39, 0.29) is 19.1 Å². The lowest BCUT2D eigenvalue weighted by molar-refractivity contribution is -0.143. The largest absolute Gasteiger partial charge is 0.459 e. The molecule has 0 saturated carbocycles. The molecule has 0 aliphatic heterocycles. The van der Waals surface area contributed by atoms with E-state index in [9.17, 15) is 9.59 Å². The summed E-state index contributed by atoms with van der Waals surface area (Å²) in [5.74, 6) is -0.837. The first kappa shape index (κ1) is 16.4. The number of pyridine rings is 1. The Morgan fingerprint density at radius 1 is 1.21 bits per heavy atom. The zero-order valence-electron chi connectivity index (χ0n) is 12.5. The molecule has 0 radical (unpaired) electrons. The van der Waals surface area contributed by atoms with Gasteiger partial charge in [-0.05, 0) is 23.6 Å². The molecule has 122 valence electrons. The highest BCUT2D eigenvalue weighted by Crippen LogP contribution is 2.21. The molecule has 1 aromatic carbocycles. The summed E-state index contributed by atoms with van der Waals surface area (Å²) in [4.78, 5) is 28.3. The van der Waals surface area contributed by atoms with Gasteiger partial charge in [-0.2, -0.15) is 0 Å². The quantitative estimate of drug-likeness (QED) is 0.559. The van der Waals surface area contributed by atoms with E-state index in [1.54, 1.807) is 17.5 Å². The Bertz CT molecular complexity index is 881. The first-order valence-electron chi connectivity index (χ1n) is 7.15. The topological polar surface area (TPSA) is 68.3 Å². The Morgan fingerprint density at radius 3 is 2.83 bits per heavy atom. The average molecular weight is 361 g/mol.